The van der Waals surface area contributed by atoms with E-state index in [0.29, 0.717) is 11.4 Å². The van der Waals surface area contributed by atoms with Crippen LogP contribution in [0.2, 0.25) is 0 Å². The Morgan fingerprint density at radius 3 is 2.88 bits per heavy atom. The molecule has 7 nitrogen and oxygen atoms in total. The van der Waals surface area contributed by atoms with E-state index < -0.39 is 6.03 Å². The molecule has 0 radical (unpaired) electrons. The second-order valence-corrected chi connectivity index (χ2v) is 7.39. The summed E-state index contributed by atoms with van der Waals surface area (Å²) in [7, 11) is 0. The van der Waals surface area contributed by atoms with Gasteiger partial charge in [-0.3, -0.25) is 9.20 Å². The number of aromatic nitrogens is 3. The average Bonchev–Trinajstić information content (AvgIpc) is 3.15. The molecule has 3 rings (SSSR count). The quantitative estimate of drug-likeness (QED) is 0.745. The van der Waals surface area contributed by atoms with Gasteiger partial charge in [-0.25, -0.2) is 14.8 Å². The number of urea groups is 1. The van der Waals surface area contributed by atoms with Crippen molar-refractivity contribution in [2.75, 3.05) is 5.32 Å². The number of hydrogen-bond donors (Lipinski definition) is 2. The van der Waals surface area contributed by atoms with Crippen LogP contribution < -0.4 is 16.2 Å². The summed E-state index contributed by atoms with van der Waals surface area (Å²) in [6.45, 7) is 5.93. The molecule has 0 saturated carbocycles. The number of carbonyl (C=O) groups is 1. The predicted molar refractivity (Wildman–Crippen MR) is 96.1 cm³/mol. The zero-order valence-corrected chi connectivity index (χ0v) is 15.1. The molecule has 0 spiro atoms. The summed E-state index contributed by atoms with van der Waals surface area (Å²) >= 11 is 2.93. The molecule has 1 atom stereocenters. The number of nitrogens with zero attached hydrogens (tertiary/aromatic N) is 3. The van der Waals surface area contributed by atoms with E-state index in [0.717, 1.165) is 15.6 Å². The monoisotopic (exact) mass is 363 g/mol. The number of hydrogen-bond acceptors (Lipinski definition) is 6. The van der Waals surface area contributed by atoms with Gasteiger partial charge in [0.15, 0.2) is 4.96 Å². The fraction of sp³-hybridized carbons (Fsp3) is 0.333. The Kier molecular flexibility index (Phi) is 4.63. The van der Waals surface area contributed by atoms with Crippen molar-refractivity contribution < 1.29 is 4.79 Å². The second-order valence-electron chi connectivity index (χ2n) is 5.29. The van der Waals surface area contributed by atoms with Crippen LogP contribution in [-0.4, -0.2) is 20.4 Å². The third-order valence-electron chi connectivity index (χ3n) is 3.65. The summed E-state index contributed by atoms with van der Waals surface area (Å²) in [5, 5.41) is 8.09. The van der Waals surface area contributed by atoms with Gasteiger partial charge >= 0.3 is 6.03 Å². The van der Waals surface area contributed by atoms with Gasteiger partial charge in [-0.1, -0.05) is 6.92 Å². The molecule has 3 aromatic heterocycles. The first kappa shape index (κ1) is 16.6. The Bertz CT molecular complexity index is 923. The molecular formula is C15H17N5O2S2. The molecule has 24 heavy (non-hydrogen) atoms. The third kappa shape index (κ3) is 3.17. The van der Waals surface area contributed by atoms with Gasteiger partial charge < -0.3 is 10.6 Å². The first-order chi connectivity index (χ1) is 11.5. The maximum Gasteiger partial charge on any atom is 0.319 e. The van der Waals surface area contributed by atoms with E-state index in [4.69, 9.17) is 0 Å². The van der Waals surface area contributed by atoms with Crippen LogP contribution >= 0.6 is 22.7 Å². The SMILES string of the molecule is CC[C@@H](NC(=O)Nc1cnc2sccn2c1=O)c1nc(C)c(C)s1. The molecule has 0 aromatic carbocycles. The molecule has 0 saturated heterocycles. The maximum absolute atomic E-state index is 12.3. The summed E-state index contributed by atoms with van der Waals surface area (Å²) in [6, 6.07) is -0.635. The number of amides is 2. The Morgan fingerprint density at radius 1 is 1.42 bits per heavy atom. The smallest absolute Gasteiger partial charge is 0.319 e. The minimum absolute atomic E-state index is 0.143. The first-order valence-electron chi connectivity index (χ1n) is 7.46. The van der Waals surface area contributed by atoms with Crippen molar-refractivity contribution in [3.05, 3.63) is 43.7 Å². The number of thiazole rings is 2. The topological polar surface area (TPSA) is 88.4 Å². The predicted octanol–water partition coefficient (Wildman–Crippen LogP) is 3.10. The van der Waals surface area contributed by atoms with Crippen LogP contribution in [0, 0.1) is 13.8 Å². The van der Waals surface area contributed by atoms with Crippen molar-refractivity contribution in [1.82, 2.24) is 19.7 Å². The third-order valence-corrected chi connectivity index (χ3v) is 5.60. The Morgan fingerprint density at radius 2 is 2.21 bits per heavy atom. The van der Waals surface area contributed by atoms with Gasteiger partial charge in [0.2, 0.25) is 0 Å². The molecule has 0 aliphatic rings. The van der Waals surface area contributed by atoms with Crippen LogP contribution in [0.4, 0.5) is 10.5 Å². The average molecular weight is 363 g/mol. The van der Waals surface area contributed by atoms with E-state index >= 15 is 0 Å². The summed E-state index contributed by atoms with van der Waals surface area (Å²) < 4.78 is 1.41. The lowest BCUT2D eigenvalue weighted by Gasteiger charge is -2.15. The molecule has 0 aliphatic heterocycles. The molecule has 0 fully saturated rings. The van der Waals surface area contributed by atoms with E-state index in [1.165, 1.54) is 21.9 Å². The van der Waals surface area contributed by atoms with Crippen molar-refractivity contribution in [2.24, 2.45) is 0 Å². The molecule has 0 aliphatic carbocycles. The number of rotatable bonds is 4. The van der Waals surface area contributed by atoms with Crippen molar-refractivity contribution >= 4 is 39.4 Å². The standard InChI is InChI=1S/C15H17N5O2S2/c1-4-10(12-17-8(2)9(3)24-12)18-14(22)19-11-7-16-15-20(13(11)21)5-6-23-15/h5-7,10H,4H2,1-3H3,(H2,18,19,22)/t10-/m1/s1. The number of nitrogens with one attached hydrogen (secondary N) is 2. The van der Waals surface area contributed by atoms with Gasteiger partial charge in [-0.05, 0) is 20.3 Å². The molecule has 0 bridgehead atoms. The first-order valence-corrected chi connectivity index (χ1v) is 9.15. The van der Waals surface area contributed by atoms with E-state index in [-0.39, 0.29) is 17.3 Å². The van der Waals surface area contributed by atoms with Gasteiger partial charge in [0, 0.05) is 16.5 Å². The number of anilines is 1. The zero-order valence-electron chi connectivity index (χ0n) is 13.5. The summed E-state index contributed by atoms with van der Waals surface area (Å²) in [5.74, 6) is 0. The molecular weight excluding hydrogens is 346 g/mol. The normalized spacial score (nSPS) is 12.3. The molecule has 2 amide bonds. The van der Waals surface area contributed by atoms with E-state index in [1.54, 1.807) is 22.9 Å². The minimum atomic E-state index is -0.443. The lowest BCUT2D eigenvalue weighted by Crippen LogP contribution is -2.34. The summed E-state index contributed by atoms with van der Waals surface area (Å²) in [4.78, 5) is 34.9. The lowest BCUT2D eigenvalue weighted by atomic mass is 10.2. The Labute approximate surface area is 146 Å². The van der Waals surface area contributed by atoms with Crippen molar-refractivity contribution in [1.29, 1.82) is 0 Å². The van der Waals surface area contributed by atoms with Crippen LogP contribution in [0.5, 0.6) is 0 Å². The summed E-state index contributed by atoms with van der Waals surface area (Å²) in [5.41, 5.74) is 0.816. The van der Waals surface area contributed by atoms with Crippen molar-refractivity contribution in [2.45, 2.75) is 33.2 Å². The number of carbonyl (C=O) groups excluding carboxylic acids is 1. The van der Waals surface area contributed by atoms with Crippen molar-refractivity contribution in [3.63, 3.8) is 0 Å². The van der Waals surface area contributed by atoms with Gasteiger partial charge in [0.1, 0.15) is 10.7 Å². The highest BCUT2D eigenvalue weighted by Crippen LogP contribution is 2.24. The lowest BCUT2D eigenvalue weighted by molar-refractivity contribution is 0.248. The van der Waals surface area contributed by atoms with Gasteiger partial charge in [-0.2, -0.15) is 0 Å². The Balaban J connectivity index is 1.76. The van der Waals surface area contributed by atoms with Gasteiger partial charge in [0.05, 0.1) is 17.9 Å². The molecule has 126 valence electrons. The maximum atomic E-state index is 12.3. The van der Waals surface area contributed by atoms with Crippen molar-refractivity contribution in [3.8, 4) is 0 Å². The highest BCUT2D eigenvalue weighted by atomic mass is 32.1. The number of fused-ring (bicyclic) bond motifs is 1. The van der Waals surface area contributed by atoms with Crippen LogP contribution in [0.3, 0.4) is 0 Å². The van der Waals surface area contributed by atoms with Crippen LogP contribution in [0.15, 0.2) is 22.6 Å². The van der Waals surface area contributed by atoms with Crippen LogP contribution in [0.1, 0.15) is 35.0 Å². The zero-order chi connectivity index (χ0) is 17.3. The minimum Gasteiger partial charge on any atom is -0.329 e. The van der Waals surface area contributed by atoms with Crippen LogP contribution in [0.25, 0.3) is 4.96 Å². The van der Waals surface area contributed by atoms with Crippen LogP contribution in [-0.2, 0) is 0 Å². The molecule has 9 heteroatoms. The molecule has 0 unspecified atom stereocenters. The number of aryl methyl sites for hydroxylation is 2. The second kappa shape index (κ2) is 6.70. The fourth-order valence-electron chi connectivity index (χ4n) is 2.21. The Hall–Kier alpha value is -2.26. The largest absolute Gasteiger partial charge is 0.329 e. The van der Waals surface area contributed by atoms with Gasteiger partial charge in [0.25, 0.3) is 5.56 Å². The molecule has 3 aromatic rings. The van der Waals surface area contributed by atoms with E-state index in [9.17, 15) is 9.59 Å². The fourth-order valence-corrected chi connectivity index (χ4v) is 3.94. The molecule has 3 heterocycles. The van der Waals surface area contributed by atoms with Gasteiger partial charge in [-0.15, -0.1) is 22.7 Å². The summed E-state index contributed by atoms with van der Waals surface area (Å²) in [6.07, 6.45) is 3.72. The van der Waals surface area contributed by atoms with E-state index in [2.05, 4.69) is 20.6 Å². The van der Waals surface area contributed by atoms with E-state index in [1.807, 2.05) is 20.8 Å². The highest BCUT2D eigenvalue weighted by Gasteiger charge is 2.18. The highest BCUT2D eigenvalue weighted by molar-refractivity contribution is 7.15. The molecule has 2 N–H and O–H groups in total.